The van der Waals surface area contributed by atoms with Crippen molar-refractivity contribution in [3.8, 4) is 0 Å². The van der Waals surface area contributed by atoms with E-state index in [-0.39, 0.29) is 16.1 Å². The van der Waals surface area contributed by atoms with Crippen LogP contribution in [0.15, 0.2) is 0 Å². The molecule has 1 rings (SSSR count). The quantitative estimate of drug-likeness (QED) is 0.505. The zero-order valence-corrected chi connectivity index (χ0v) is 8.17. The average molecular weight is 195 g/mol. The van der Waals surface area contributed by atoms with Gasteiger partial charge < -0.3 is 4.74 Å². The summed E-state index contributed by atoms with van der Waals surface area (Å²) in [5.74, 6) is -0.164. The van der Waals surface area contributed by atoms with Gasteiger partial charge in [0.05, 0.1) is 18.9 Å². The fourth-order valence-electron chi connectivity index (χ4n) is 1.03. The second-order valence-electron chi connectivity index (χ2n) is 2.69. The van der Waals surface area contributed by atoms with Crippen molar-refractivity contribution in [3.63, 3.8) is 0 Å². The van der Waals surface area contributed by atoms with Crippen LogP contribution in [-0.2, 0) is 9.53 Å². The van der Waals surface area contributed by atoms with Crippen LogP contribution >= 0.6 is 23.4 Å². The fourth-order valence-corrected chi connectivity index (χ4v) is 2.59. The molecule has 0 aromatic heterocycles. The normalized spacial score (nSPS) is 35.0. The van der Waals surface area contributed by atoms with Gasteiger partial charge in [-0.15, -0.1) is 11.6 Å². The van der Waals surface area contributed by atoms with E-state index in [9.17, 15) is 4.79 Å². The van der Waals surface area contributed by atoms with Crippen molar-refractivity contribution in [2.45, 2.75) is 23.0 Å². The molecule has 0 amide bonds. The summed E-state index contributed by atoms with van der Waals surface area (Å²) in [6.45, 7) is 0. The Morgan fingerprint density at radius 1 is 1.91 bits per heavy atom. The summed E-state index contributed by atoms with van der Waals surface area (Å²) in [4.78, 5) is 10.9. The lowest BCUT2D eigenvalue weighted by Crippen LogP contribution is -2.14. The first-order valence-electron chi connectivity index (χ1n) is 3.40. The Bertz CT molecular complexity index is 170. The lowest BCUT2D eigenvalue weighted by molar-refractivity contribution is -0.140. The van der Waals surface area contributed by atoms with E-state index in [1.54, 1.807) is 11.8 Å². The molecule has 1 fully saturated rings. The summed E-state index contributed by atoms with van der Waals surface area (Å²) >= 11 is 7.54. The second kappa shape index (κ2) is 3.23. The van der Waals surface area contributed by atoms with Gasteiger partial charge >= 0.3 is 5.97 Å². The van der Waals surface area contributed by atoms with Crippen LogP contribution in [0.4, 0.5) is 0 Å². The zero-order chi connectivity index (χ0) is 8.48. The van der Waals surface area contributed by atoms with E-state index < -0.39 is 0 Å². The largest absolute Gasteiger partial charge is 0.469 e. The number of rotatable bonds is 3. The Labute approximate surface area is 75.6 Å². The number of methoxy groups -OCH3 is 1. The number of hydrogen-bond donors (Lipinski definition) is 0. The summed E-state index contributed by atoms with van der Waals surface area (Å²) in [6, 6.07) is 0. The molecule has 0 aliphatic heterocycles. The minimum atomic E-state index is -0.164. The Kier molecular flexibility index (Phi) is 2.70. The minimum Gasteiger partial charge on any atom is -0.469 e. The molecule has 11 heavy (non-hydrogen) atoms. The molecule has 0 bridgehead atoms. The third-order valence-corrected chi connectivity index (χ3v) is 4.12. The Morgan fingerprint density at radius 2 is 2.45 bits per heavy atom. The highest BCUT2D eigenvalue weighted by Gasteiger charge is 2.54. The molecule has 0 radical (unpaired) electrons. The summed E-state index contributed by atoms with van der Waals surface area (Å²) in [5.41, 5.74) is 0. The Morgan fingerprint density at radius 3 is 2.73 bits per heavy atom. The monoisotopic (exact) mass is 194 g/mol. The van der Waals surface area contributed by atoms with E-state index >= 15 is 0 Å². The average Bonchev–Trinajstić information content (AvgIpc) is 2.62. The molecule has 1 aliphatic rings. The Balaban J connectivity index is 2.41. The van der Waals surface area contributed by atoms with Crippen molar-refractivity contribution in [2.24, 2.45) is 0 Å². The highest BCUT2D eigenvalue weighted by molar-refractivity contribution is 8.00. The highest BCUT2D eigenvalue weighted by Crippen LogP contribution is 2.53. The van der Waals surface area contributed by atoms with E-state index in [1.165, 1.54) is 7.11 Å². The maximum Gasteiger partial charge on any atom is 0.306 e. The maximum atomic E-state index is 10.9. The Hall–Kier alpha value is 0.110. The van der Waals surface area contributed by atoms with Gasteiger partial charge in [0.2, 0.25) is 0 Å². The van der Waals surface area contributed by atoms with Gasteiger partial charge in [0.25, 0.3) is 0 Å². The number of thioether (sulfide) groups is 1. The van der Waals surface area contributed by atoms with Gasteiger partial charge in [0.15, 0.2) is 0 Å². The highest BCUT2D eigenvalue weighted by atomic mass is 35.5. The van der Waals surface area contributed by atoms with E-state index in [0.29, 0.717) is 6.42 Å². The van der Waals surface area contributed by atoms with E-state index in [4.69, 9.17) is 11.6 Å². The molecule has 4 heteroatoms. The van der Waals surface area contributed by atoms with Crippen LogP contribution in [-0.4, -0.2) is 29.5 Å². The summed E-state index contributed by atoms with van der Waals surface area (Å²) in [6.07, 6.45) is 3.34. The number of ether oxygens (including phenoxy) is 1. The standard InChI is InChI=1S/C7H11ClO2S/c1-10-6(9)4-7(11-2)3-5(7)8/h5H,3-4H2,1-2H3. The van der Waals surface area contributed by atoms with E-state index in [0.717, 1.165) is 6.42 Å². The van der Waals surface area contributed by atoms with Gasteiger partial charge in [0, 0.05) is 4.75 Å². The first kappa shape index (κ1) is 9.20. The van der Waals surface area contributed by atoms with Gasteiger partial charge in [0.1, 0.15) is 0 Å². The molecular formula is C7H11ClO2S. The van der Waals surface area contributed by atoms with Crippen molar-refractivity contribution in [1.29, 1.82) is 0 Å². The minimum absolute atomic E-state index is 0.0192. The number of alkyl halides is 1. The van der Waals surface area contributed by atoms with E-state index in [2.05, 4.69) is 4.74 Å². The van der Waals surface area contributed by atoms with Gasteiger partial charge in [-0.2, -0.15) is 11.8 Å². The van der Waals surface area contributed by atoms with Crippen LogP contribution in [0.1, 0.15) is 12.8 Å². The number of halogens is 1. The van der Waals surface area contributed by atoms with Crippen molar-refractivity contribution in [1.82, 2.24) is 0 Å². The molecule has 0 heterocycles. The SMILES string of the molecule is COC(=O)CC1(SC)CC1Cl. The van der Waals surface area contributed by atoms with Crippen molar-refractivity contribution < 1.29 is 9.53 Å². The molecule has 2 atom stereocenters. The van der Waals surface area contributed by atoms with Crippen molar-refractivity contribution >= 4 is 29.3 Å². The van der Waals surface area contributed by atoms with Gasteiger partial charge in [-0.3, -0.25) is 4.79 Å². The van der Waals surface area contributed by atoms with Crippen molar-refractivity contribution in [2.75, 3.05) is 13.4 Å². The molecule has 0 saturated heterocycles. The topological polar surface area (TPSA) is 26.3 Å². The predicted molar refractivity (Wildman–Crippen MR) is 47.1 cm³/mol. The maximum absolute atomic E-state index is 10.9. The van der Waals surface area contributed by atoms with E-state index in [1.807, 2.05) is 6.26 Å². The summed E-state index contributed by atoms with van der Waals surface area (Å²) < 4.78 is 4.55. The molecule has 1 saturated carbocycles. The smallest absolute Gasteiger partial charge is 0.306 e. The number of esters is 1. The van der Waals surface area contributed by atoms with Crippen LogP contribution < -0.4 is 0 Å². The first-order chi connectivity index (χ1) is 5.14. The van der Waals surface area contributed by atoms with Crippen LogP contribution in [0.25, 0.3) is 0 Å². The van der Waals surface area contributed by atoms with Crippen molar-refractivity contribution in [3.05, 3.63) is 0 Å². The fraction of sp³-hybridized carbons (Fsp3) is 0.857. The number of hydrogen-bond acceptors (Lipinski definition) is 3. The van der Waals surface area contributed by atoms with Crippen LogP contribution in [0.5, 0.6) is 0 Å². The second-order valence-corrected chi connectivity index (χ2v) is 4.44. The molecule has 0 aromatic carbocycles. The lowest BCUT2D eigenvalue weighted by Gasteiger charge is -2.09. The summed E-state index contributed by atoms with van der Waals surface area (Å²) in [7, 11) is 1.40. The zero-order valence-electron chi connectivity index (χ0n) is 6.59. The number of carbonyl (C=O) groups excluding carboxylic acids is 1. The molecule has 2 unspecified atom stereocenters. The summed E-state index contributed by atoms with van der Waals surface area (Å²) in [5, 5.41) is 0.150. The van der Waals surface area contributed by atoms with Crippen LogP contribution in [0, 0.1) is 0 Å². The molecule has 2 nitrogen and oxygen atoms in total. The van der Waals surface area contributed by atoms with Gasteiger partial charge in [-0.1, -0.05) is 0 Å². The predicted octanol–water partition coefficient (Wildman–Crippen LogP) is 1.66. The third-order valence-electron chi connectivity index (χ3n) is 2.01. The van der Waals surface area contributed by atoms with Gasteiger partial charge in [-0.05, 0) is 12.7 Å². The molecule has 0 spiro atoms. The molecule has 0 aromatic rings. The molecule has 1 aliphatic carbocycles. The molecule has 64 valence electrons. The van der Waals surface area contributed by atoms with Gasteiger partial charge in [-0.25, -0.2) is 0 Å². The lowest BCUT2D eigenvalue weighted by atomic mass is 10.3. The molecular weight excluding hydrogens is 184 g/mol. The third kappa shape index (κ3) is 1.82. The van der Waals surface area contributed by atoms with Crippen LogP contribution in [0.2, 0.25) is 0 Å². The van der Waals surface area contributed by atoms with Crippen LogP contribution in [0.3, 0.4) is 0 Å². The number of carbonyl (C=O) groups is 1. The molecule has 0 N–H and O–H groups in total. The first-order valence-corrected chi connectivity index (χ1v) is 5.07.